The van der Waals surface area contributed by atoms with Crippen molar-refractivity contribution >= 4 is 11.7 Å². The fourth-order valence-electron chi connectivity index (χ4n) is 2.26. The Morgan fingerprint density at radius 3 is 2.54 bits per heavy atom. The van der Waals surface area contributed by atoms with Gasteiger partial charge in [0.25, 0.3) is 0 Å². The average molecular weight is 331 g/mol. The Bertz CT molecular complexity index is 679. The molecule has 1 N–H and O–H groups in total. The fraction of sp³-hybridized carbons (Fsp3) is 0.333. The largest absolute Gasteiger partial charge is 0.493 e. The molecule has 0 saturated heterocycles. The van der Waals surface area contributed by atoms with Gasteiger partial charge in [0.1, 0.15) is 0 Å². The minimum Gasteiger partial charge on any atom is -0.493 e. The van der Waals surface area contributed by atoms with E-state index in [-0.39, 0.29) is 30.3 Å². The van der Waals surface area contributed by atoms with Crippen LogP contribution in [0.5, 0.6) is 11.5 Å². The number of carbonyl (C=O) groups excluding carboxylic acids is 2. The van der Waals surface area contributed by atoms with Gasteiger partial charge in [-0.25, -0.2) is 0 Å². The third-order valence-corrected chi connectivity index (χ3v) is 3.56. The summed E-state index contributed by atoms with van der Waals surface area (Å²) in [7, 11) is 3.17. The maximum Gasteiger partial charge on any atom is 0.220 e. The number of rotatable bonds is 9. The summed E-state index contributed by atoms with van der Waals surface area (Å²) in [6.45, 7) is 0.489. The number of ketones is 1. The van der Waals surface area contributed by atoms with E-state index in [2.05, 4.69) is 5.32 Å². The maximum atomic E-state index is 11.8. The molecule has 0 radical (unpaired) electrons. The summed E-state index contributed by atoms with van der Waals surface area (Å²) in [6.07, 6.45) is 2.38. The molecular weight excluding hydrogens is 310 g/mol. The van der Waals surface area contributed by atoms with E-state index in [1.54, 1.807) is 26.4 Å². The highest BCUT2D eigenvalue weighted by molar-refractivity contribution is 5.95. The van der Waals surface area contributed by atoms with Gasteiger partial charge in [-0.15, -0.1) is 0 Å². The molecule has 0 saturated carbocycles. The molecular formula is C18H21NO5. The van der Waals surface area contributed by atoms with Crippen LogP contribution in [0.1, 0.15) is 29.0 Å². The molecule has 2 rings (SSSR count). The molecule has 1 aromatic carbocycles. The van der Waals surface area contributed by atoms with Crippen molar-refractivity contribution < 1.29 is 23.5 Å². The first-order valence-electron chi connectivity index (χ1n) is 7.68. The van der Waals surface area contributed by atoms with E-state index < -0.39 is 0 Å². The first-order chi connectivity index (χ1) is 11.6. The molecule has 2 aromatic rings. The molecule has 0 atom stereocenters. The van der Waals surface area contributed by atoms with Gasteiger partial charge in [0, 0.05) is 19.4 Å². The van der Waals surface area contributed by atoms with Crippen molar-refractivity contribution in [1.29, 1.82) is 0 Å². The Morgan fingerprint density at radius 1 is 1.08 bits per heavy atom. The molecule has 24 heavy (non-hydrogen) atoms. The standard InChI is InChI=1S/C18H21NO5/c1-22-16-7-5-13(12-17(16)23-2)9-10-19-18(21)8-6-14(20)15-4-3-11-24-15/h3-5,7,11-12H,6,8-10H2,1-2H3,(H,19,21). The van der Waals surface area contributed by atoms with Crippen LogP contribution in [0.25, 0.3) is 0 Å². The quantitative estimate of drug-likeness (QED) is 0.715. The van der Waals surface area contributed by atoms with Gasteiger partial charge in [0.15, 0.2) is 23.0 Å². The zero-order valence-corrected chi connectivity index (χ0v) is 13.8. The molecule has 0 fully saturated rings. The number of hydrogen-bond donors (Lipinski definition) is 1. The smallest absolute Gasteiger partial charge is 0.220 e. The third kappa shape index (κ3) is 4.87. The van der Waals surface area contributed by atoms with E-state index in [1.807, 2.05) is 18.2 Å². The van der Waals surface area contributed by atoms with Crippen molar-refractivity contribution in [2.45, 2.75) is 19.3 Å². The minimum atomic E-state index is -0.171. The summed E-state index contributed by atoms with van der Waals surface area (Å²) in [5.74, 6) is 1.28. The predicted molar refractivity (Wildman–Crippen MR) is 88.5 cm³/mol. The van der Waals surface area contributed by atoms with E-state index in [0.717, 1.165) is 5.56 Å². The van der Waals surface area contributed by atoms with E-state index >= 15 is 0 Å². The molecule has 0 aliphatic rings. The van der Waals surface area contributed by atoms with Crippen LogP contribution in [0, 0.1) is 0 Å². The summed E-state index contributed by atoms with van der Waals surface area (Å²) in [5, 5.41) is 2.80. The number of benzene rings is 1. The predicted octanol–water partition coefficient (Wildman–Crippen LogP) is 2.62. The van der Waals surface area contributed by atoms with Crippen molar-refractivity contribution in [3.63, 3.8) is 0 Å². The summed E-state index contributed by atoms with van der Waals surface area (Å²) in [4.78, 5) is 23.5. The van der Waals surface area contributed by atoms with Crippen LogP contribution in [0.4, 0.5) is 0 Å². The van der Waals surface area contributed by atoms with Gasteiger partial charge in [-0.1, -0.05) is 6.07 Å². The van der Waals surface area contributed by atoms with Crippen molar-refractivity contribution in [2.24, 2.45) is 0 Å². The van der Waals surface area contributed by atoms with Gasteiger partial charge in [-0.2, -0.15) is 0 Å². The monoisotopic (exact) mass is 331 g/mol. The van der Waals surface area contributed by atoms with E-state index in [1.165, 1.54) is 6.26 Å². The normalized spacial score (nSPS) is 10.2. The number of carbonyl (C=O) groups is 2. The zero-order valence-electron chi connectivity index (χ0n) is 13.8. The van der Waals surface area contributed by atoms with Crippen LogP contribution in [0.15, 0.2) is 41.0 Å². The molecule has 0 bridgehead atoms. The van der Waals surface area contributed by atoms with Crippen molar-refractivity contribution in [3.8, 4) is 11.5 Å². The number of Topliss-reactive ketones (excluding diaryl/α,β-unsaturated/α-hetero) is 1. The summed E-state index contributed by atoms with van der Waals surface area (Å²) < 4.78 is 15.4. The molecule has 1 aromatic heterocycles. The Hall–Kier alpha value is -2.76. The van der Waals surface area contributed by atoms with Crippen LogP contribution in [0.3, 0.4) is 0 Å². The SMILES string of the molecule is COc1ccc(CCNC(=O)CCC(=O)c2ccco2)cc1OC. The number of ether oxygens (including phenoxy) is 2. The highest BCUT2D eigenvalue weighted by atomic mass is 16.5. The second-order valence-corrected chi connectivity index (χ2v) is 5.19. The zero-order chi connectivity index (χ0) is 17.4. The van der Waals surface area contributed by atoms with Gasteiger partial charge in [0.2, 0.25) is 5.91 Å². The Kier molecular flexibility index (Phi) is 6.42. The van der Waals surface area contributed by atoms with Gasteiger partial charge >= 0.3 is 0 Å². The van der Waals surface area contributed by atoms with Gasteiger partial charge in [-0.3, -0.25) is 9.59 Å². The number of nitrogens with one attached hydrogen (secondary N) is 1. The highest BCUT2D eigenvalue weighted by Gasteiger charge is 2.11. The number of amides is 1. The summed E-state index contributed by atoms with van der Waals surface area (Å²) in [5.41, 5.74) is 1.03. The van der Waals surface area contributed by atoms with Gasteiger partial charge < -0.3 is 19.2 Å². The average Bonchev–Trinajstić information content (AvgIpc) is 3.14. The van der Waals surface area contributed by atoms with Crippen LogP contribution < -0.4 is 14.8 Å². The Labute approximate surface area is 140 Å². The third-order valence-electron chi connectivity index (χ3n) is 3.56. The van der Waals surface area contributed by atoms with Crippen LogP contribution >= 0.6 is 0 Å². The second kappa shape index (κ2) is 8.76. The van der Waals surface area contributed by atoms with Crippen molar-refractivity contribution in [3.05, 3.63) is 47.9 Å². The second-order valence-electron chi connectivity index (χ2n) is 5.19. The van der Waals surface area contributed by atoms with E-state index in [0.29, 0.717) is 24.5 Å². The molecule has 0 unspecified atom stereocenters. The topological polar surface area (TPSA) is 77.8 Å². The first kappa shape index (κ1) is 17.6. The highest BCUT2D eigenvalue weighted by Crippen LogP contribution is 2.27. The maximum absolute atomic E-state index is 11.8. The molecule has 0 aliphatic heterocycles. The lowest BCUT2D eigenvalue weighted by atomic mass is 10.1. The number of furan rings is 1. The number of methoxy groups -OCH3 is 2. The van der Waals surface area contributed by atoms with Crippen molar-refractivity contribution in [1.82, 2.24) is 5.32 Å². The van der Waals surface area contributed by atoms with Crippen LogP contribution in [-0.2, 0) is 11.2 Å². The van der Waals surface area contributed by atoms with E-state index in [4.69, 9.17) is 13.9 Å². The lowest BCUT2D eigenvalue weighted by Crippen LogP contribution is -2.26. The van der Waals surface area contributed by atoms with Crippen LogP contribution in [0.2, 0.25) is 0 Å². The number of hydrogen-bond acceptors (Lipinski definition) is 5. The van der Waals surface area contributed by atoms with Gasteiger partial charge in [-0.05, 0) is 36.2 Å². The van der Waals surface area contributed by atoms with Crippen molar-refractivity contribution in [2.75, 3.05) is 20.8 Å². The lowest BCUT2D eigenvalue weighted by Gasteiger charge is -2.10. The molecule has 6 heteroatoms. The summed E-state index contributed by atoms with van der Waals surface area (Å²) >= 11 is 0. The molecule has 128 valence electrons. The van der Waals surface area contributed by atoms with Crippen LogP contribution in [-0.4, -0.2) is 32.5 Å². The molecule has 0 aliphatic carbocycles. The van der Waals surface area contributed by atoms with E-state index in [9.17, 15) is 9.59 Å². The molecule has 0 spiro atoms. The summed E-state index contributed by atoms with van der Waals surface area (Å²) in [6, 6.07) is 8.88. The van der Waals surface area contributed by atoms with Gasteiger partial charge in [0.05, 0.1) is 20.5 Å². The first-order valence-corrected chi connectivity index (χ1v) is 7.68. The lowest BCUT2D eigenvalue weighted by molar-refractivity contribution is -0.121. The Balaban J connectivity index is 1.73. The molecule has 1 amide bonds. The molecule has 1 heterocycles. The fourth-order valence-corrected chi connectivity index (χ4v) is 2.26. The minimum absolute atomic E-state index is 0.135. The Morgan fingerprint density at radius 2 is 1.88 bits per heavy atom. The molecule has 6 nitrogen and oxygen atoms in total.